The Balaban J connectivity index is -0.000000568. The molecule has 6 heteroatoms. The van der Waals surface area contributed by atoms with Crippen LogP contribution in [0, 0.1) is 22.2 Å². The molecular formula is C42H72O6. The predicted octanol–water partition coefficient (Wildman–Crippen LogP) is 11.3. The van der Waals surface area contributed by atoms with Crippen molar-refractivity contribution < 1.29 is 28.7 Å². The van der Waals surface area contributed by atoms with Crippen LogP contribution < -0.4 is 0 Å². The van der Waals surface area contributed by atoms with Crippen LogP contribution in [0.15, 0.2) is 60.8 Å². The van der Waals surface area contributed by atoms with Gasteiger partial charge in [0.2, 0.25) is 0 Å². The fourth-order valence-electron chi connectivity index (χ4n) is 3.28. The Bertz CT molecular complexity index is 1050. The second kappa shape index (κ2) is 25.9. The van der Waals surface area contributed by atoms with Gasteiger partial charge in [0.05, 0.1) is 6.61 Å². The smallest absolute Gasteiger partial charge is 0.330 e. The van der Waals surface area contributed by atoms with Crippen LogP contribution in [0.4, 0.5) is 0 Å². The van der Waals surface area contributed by atoms with Crippen LogP contribution >= 0.6 is 0 Å². The summed E-state index contributed by atoms with van der Waals surface area (Å²) in [6, 6.07) is 0. The third-order valence-electron chi connectivity index (χ3n) is 6.13. The molecule has 276 valence electrons. The standard InChI is InChI=1S/C13H22O.C11H18O2.C10H18O.C8H14O2/c1-13(2,3)10-9-12(14)8-7-11-5-4-6-11;1-5-6-7-8-10(12)13-9-11(2,3)4;1-9(11)7-5-6-8-10(2,3)4;1-5-6-7(9)10-8(2,3)4/h7-8,11H,4-6,9-10H2,1-3H3;5-8H,9H2,1-4H3;5,7H,6,8H2,1-4H3;5-6H,1-4H3/b8-7+;6-5+,8-7+;7-5+;6-5+. The Hall–Kier alpha value is -3.02. The third-order valence-corrected chi connectivity index (χ3v) is 6.13. The van der Waals surface area contributed by atoms with E-state index in [0.29, 0.717) is 30.1 Å². The third kappa shape index (κ3) is 45.1. The number of esters is 2. The first-order valence-electron chi connectivity index (χ1n) is 17.5. The maximum Gasteiger partial charge on any atom is 0.330 e. The first-order chi connectivity index (χ1) is 21.8. The van der Waals surface area contributed by atoms with E-state index in [2.05, 4.69) is 47.6 Å². The molecule has 1 aliphatic rings. The normalized spacial score (nSPS) is 14.1. The molecule has 0 N–H and O–H groups in total. The first-order valence-corrected chi connectivity index (χ1v) is 17.5. The van der Waals surface area contributed by atoms with E-state index in [1.807, 2.05) is 60.6 Å². The SMILES string of the molecule is C/C=C/C(=O)OC(C)(C)C.C/C=C/C=C/C(=O)OCC(C)(C)C.CC(=O)/C=C/CCC(C)(C)C.CC(C)(C)CCC(=O)/C=C/C1CCC1. The van der Waals surface area contributed by atoms with Crippen molar-refractivity contribution in [1.29, 1.82) is 0 Å². The van der Waals surface area contributed by atoms with Gasteiger partial charge < -0.3 is 9.47 Å². The van der Waals surface area contributed by atoms with Gasteiger partial charge in [0.1, 0.15) is 5.60 Å². The van der Waals surface area contributed by atoms with Gasteiger partial charge in [-0.25, -0.2) is 9.59 Å². The monoisotopic (exact) mass is 673 g/mol. The zero-order chi connectivity index (χ0) is 38.0. The van der Waals surface area contributed by atoms with Crippen LogP contribution in [0.1, 0.15) is 149 Å². The molecule has 0 heterocycles. The van der Waals surface area contributed by atoms with Crippen LogP contribution in [-0.2, 0) is 28.7 Å². The van der Waals surface area contributed by atoms with Crippen molar-refractivity contribution in [3.8, 4) is 0 Å². The van der Waals surface area contributed by atoms with E-state index in [0.717, 1.165) is 19.3 Å². The Morgan fingerprint density at radius 3 is 1.62 bits per heavy atom. The molecule has 0 bridgehead atoms. The lowest BCUT2D eigenvalue weighted by Crippen LogP contribution is -2.22. The molecule has 1 fully saturated rings. The summed E-state index contributed by atoms with van der Waals surface area (Å²) in [5, 5.41) is 0. The molecule has 0 unspecified atom stereocenters. The molecule has 0 aliphatic heterocycles. The van der Waals surface area contributed by atoms with Crippen LogP contribution in [0.3, 0.4) is 0 Å². The minimum absolute atomic E-state index is 0.0318. The van der Waals surface area contributed by atoms with Crippen molar-refractivity contribution >= 4 is 23.5 Å². The number of allylic oxidation sites excluding steroid dienone is 8. The van der Waals surface area contributed by atoms with E-state index in [-0.39, 0.29) is 34.2 Å². The van der Waals surface area contributed by atoms with E-state index >= 15 is 0 Å². The molecule has 1 rings (SSSR count). The minimum Gasteiger partial charge on any atom is -0.462 e. The molecule has 0 saturated heterocycles. The van der Waals surface area contributed by atoms with Crippen LogP contribution in [-0.4, -0.2) is 35.7 Å². The van der Waals surface area contributed by atoms with Crippen LogP contribution in [0.2, 0.25) is 0 Å². The van der Waals surface area contributed by atoms with Gasteiger partial charge >= 0.3 is 11.9 Å². The molecule has 0 aromatic carbocycles. The average molecular weight is 673 g/mol. The quantitative estimate of drug-likeness (QED) is 0.123. The average Bonchev–Trinajstić information content (AvgIpc) is 2.87. The summed E-state index contributed by atoms with van der Waals surface area (Å²) in [6.07, 6.45) is 25.0. The van der Waals surface area contributed by atoms with Gasteiger partial charge in [-0.3, -0.25) is 9.59 Å². The summed E-state index contributed by atoms with van der Waals surface area (Å²) in [6.45, 7) is 30.4. The molecule has 1 saturated carbocycles. The second-order valence-corrected chi connectivity index (χ2v) is 16.8. The van der Waals surface area contributed by atoms with Gasteiger partial charge in [-0.1, -0.05) is 105 Å². The molecule has 6 nitrogen and oxygen atoms in total. The van der Waals surface area contributed by atoms with Crippen molar-refractivity contribution in [2.45, 2.75) is 154 Å². The first kappa shape index (κ1) is 49.4. The highest BCUT2D eigenvalue weighted by Gasteiger charge is 2.16. The van der Waals surface area contributed by atoms with E-state index in [4.69, 9.17) is 9.47 Å². The van der Waals surface area contributed by atoms with Gasteiger partial charge in [-0.2, -0.15) is 0 Å². The fourth-order valence-corrected chi connectivity index (χ4v) is 3.28. The van der Waals surface area contributed by atoms with Crippen molar-refractivity contribution in [1.82, 2.24) is 0 Å². The van der Waals surface area contributed by atoms with Crippen molar-refractivity contribution in [3.05, 3.63) is 60.8 Å². The summed E-state index contributed by atoms with van der Waals surface area (Å²) < 4.78 is 9.95. The minimum atomic E-state index is -0.378. The lowest BCUT2D eigenvalue weighted by molar-refractivity contribution is -0.148. The van der Waals surface area contributed by atoms with E-state index in [9.17, 15) is 19.2 Å². The topological polar surface area (TPSA) is 86.7 Å². The zero-order valence-electron chi connectivity index (χ0n) is 33.5. The number of ketones is 2. The Labute approximate surface area is 295 Å². The Kier molecular flexibility index (Phi) is 26.7. The number of hydrogen-bond donors (Lipinski definition) is 0. The van der Waals surface area contributed by atoms with Gasteiger partial charge in [0, 0.05) is 18.6 Å². The molecule has 0 aromatic rings. The number of rotatable bonds is 11. The molecule has 0 amide bonds. The van der Waals surface area contributed by atoms with Gasteiger partial charge in [-0.15, -0.1) is 0 Å². The fraction of sp³-hybridized carbons (Fsp3) is 0.667. The van der Waals surface area contributed by atoms with Crippen molar-refractivity contribution in [3.63, 3.8) is 0 Å². The molecule has 0 spiro atoms. The van der Waals surface area contributed by atoms with Crippen molar-refractivity contribution in [2.75, 3.05) is 6.61 Å². The molecule has 0 radical (unpaired) electrons. The molecular weight excluding hydrogens is 600 g/mol. The zero-order valence-corrected chi connectivity index (χ0v) is 33.5. The number of carbonyl (C=O) groups excluding carboxylic acids is 4. The molecule has 0 atom stereocenters. The van der Waals surface area contributed by atoms with Crippen LogP contribution in [0.5, 0.6) is 0 Å². The predicted molar refractivity (Wildman–Crippen MR) is 204 cm³/mol. The summed E-state index contributed by atoms with van der Waals surface area (Å²) in [4.78, 5) is 43.7. The lowest BCUT2D eigenvalue weighted by atomic mass is 9.84. The number of hydrogen-bond acceptors (Lipinski definition) is 6. The largest absolute Gasteiger partial charge is 0.462 e. The lowest BCUT2D eigenvalue weighted by Gasteiger charge is -2.21. The molecule has 48 heavy (non-hydrogen) atoms. The maximum absolute atomic E-state index is 11.4. The Morgan fingerprint density at radius 1 is 0.667 bits per heavy atom. The summed E-state index contributed by atoms with van der Waals surface area (Å²) in [5.41, 5.74) is 0.307. The van der Waals surface area contributed by atoms with E-state index in [1.54, 1.807) is 44.2 Å². The van der Waals surface area contributed by atoms with E-state index in [1.165, 1.54) is 31.4 Å². The Morgan fingerprint density at radius 2 is 1.23 bits per heavy atom. The maximum atomic E-state index is 11.4. The molecule has 0 aromatic heterocycles. The molecule has 1 aliphatic carbocycles. The summed E-state index contributed by atoms with van der Waals surface area (Å²) in [7, 11) is 0. The highest BCUT2D eigenvalue weighted by molar-refractivity contribution is 5.89. The second-order valence-electron chi connectivity index (χ2n) is 16.8. The van der Waals surface area contributed by atoms with E-state index < -0.39 is 0 Å². The van der Waals surface area contributed by atoms with Crippen molar-refractivity contribution in [2.24, 2.45) is 22.2 Å². The van der Waals surface area contributed by atoms with Gasteiger partial charge in [0.25, 0.3) is 0 Å². The van der Waals surface area contributed by atoms with Crippen LogP contribution in [0.25, 0.3) is 0 Å². The van der Waals surface area contributed by atoms with Gasteiger partial charge in [0.15, 0.2) is 11.6 Å². The van der Waals surface area contributed by atoms with Gasteiger partial charge in [-0.05, 0) is 108 Å². The highest BCUT2D eigenvalue weighted by Crippen LogP contribution is 2.27. The summed E-state index contributed by atoms with van der Waals surface area (Å²) in [5.74, 6) is 0.572. The highest BCUT2D eigenvalue weighted by atomic mass is 16.6. The summed E-state index contributed by atoms with van der Waals surface area (Å²) >= 11 is 0. The number of carbonyl (C=O) groups is 4. The number of ether oxygens (including phenoxy) is 2.